The second-order valence-electron chi connectivity index (χ2n) is 6.77. The fourth-order valence-electron chi connectivity index (χ4n) is 4.35. The number of nitrogens with zero attached hydrogens (tertiary/aromatic N) is 3. The van der Waals surface area contributed by atoms with Gasteiger partial charge in [0.2, 0.25) is 0 Å². The van der Waals surface area contributed by atoms with E-state index in [0.29, 0.717) is 11.8 Å². The van der Waals surface area contributed by atoms with Gasteiger partial charge in [0.05, 0.1) is 23.6 Å². The Morgan fingerprint density at radius 1 is 0.960 bits per heavy atom. The second kappa shape index (κ2) is 4.67. The molecular formula is C22H15N3. The maximum absolute atomic E-state index is 4.62. The highest BCUT2D eigenvalue weighted by atomic mass is 15.0. The van der Waals surface area contributed by atoms with Crippen LogP contribution in [0.5, 0.6) is 0 Å². The van der Waals surface area contributed by atoms with Crippen LogP contribution in [-0.4, -0.2) is 14.4 Å². The standard InChI is InChI=1S/C22H15N3/c1-2-5-15-11-19-16(10-14(15)4-1)7-8-18-17-6-3-9-24-21(17)20-12-23-13-25(20)22(18)19/h1-13,16,19H. The van der Waals surface area contributed by atoms with Crippen molar-refractivity contribution >= 4 is 34.6 Å². The third-order valence-corrected chi connectivity index (χ3v) is 5.46. The highest BCUT2D eigenvalue weighted by molar-refractivity contribution is 5.99. The van der Waals surface area contributed by atoms with Crippen LogP contribution in [0.1, 0.15) is 17.2 Å². The van der Waals surface area contributed by atoms with Crippen molar-refractivity contribution in [3.63, 3.8) is 0 Å². The molecule has 0 radical (unpaired) electrons. The summed E-state index contributed by atoms with van der Waals surface area (Å²) in [6, 6.07) is 12.8. The monoisotopic (exact) mass is 321 g/mol. The normalized spacial score (nSPS) is 20.5. The molecule has 0 amide bonds. The summed E-state index contributed by atoms with van der Waals surface area (Å²) in [5.41, 5.74) is 4.67. The number of hydrogen-bond acceptors (Lipinski definition) is 2. The third-order valence-electron chi connectivity index (χ3n) is 5.46. The Labute approximate surface area is 144 Å². The Bertz CT molecular complexity index is 1310. The zero-order valence-corrected chi connectivity index (χ0v) is 13.5. The fraction of sp³-hybridized carbons (Fsp3) is 0.0909. The number of imidazole rings is 1. The number of allylic oxidation sites excluding steroid dienone is 1. The van der Waals surface area contributed by atoms with Crippen molar-refractivity contribution in [2.24, 2.45) is 5.92 Å². The van der Waals surface area contributed by atoms with Crippen LogP contribution in [0, 0.1) is 5.92 Å². The number of aromatic nitrogens is 3. The van der Waals surface area contributed by atoms with Crippen LogP contribution in [0.25, 0.3) is 34.6 Å². The van der Waals surface area contributed by atoms with Crippen LogP contribution in [0.2, 0.25) is 0 Å². The molecule has 0 N–H and O–H groups in total. The quantitative estimate of drug-likeness (QED) is 0.498. The molecule has 3 aromatic heterocycles. The van der Waals surface area contributed by atoms with E-state index in [2.05, 4.69) is 69.0 Å². The molecule has 4 aromatic rings. The molecule has 2 aliphatic carbocycles. The first-order valence-corrected chi connectivity index (χ1v) is 8.60. The lowest BCUT2D eigenvalue weighted by molar-refractivity contribution is 0.717. The number of fused-ring (bicyclic) bond motifs is 9. The summed E-state index contributed by atoms with van der Waals surface area (Å²) in [6.45, 7) is 0. The fourth-order valence-corrected chi connectivity index (χ4v) is 4.35. The zero-order valence-electron chi connectivity index (χ0n) is 13.5. The van der Waals surface area contributed by atoms with Gasteiger partial charge in [0.25, 0.3) is 0 Å². The SMILES string of the molecule is C1=CC2C=c3ccccc3=CC2c2c1c1cccnc1c1cncn21. The first-order valence-electron chi connectivity index (χ1n) is 8.60. The van der Waals surface area contributed by atoms with Gasteiger partial charge in [-0.15, -0.1) is 0 Å². The largest absolute Gasteiger partial charge is 0.300 e. The van der Waals surface area contributed by atoms with Gasteiger partial charge in [0.15, 0.2) is 0 Å². The van der Waals surface area contributed by atoms with Crippen LogP contribution < -0.4 is 10.4 Å². The molecule has 2 atom stereocenters. The van der Waals surface area contributed by atoms with Crippen molar-refractivity contribution in [3.8, 4) is 0 Å². The molecule has 25 heavy (non-hydrogen) atoms. The average Bonchev–Trinajstić information content (AvgIpc) is 3.16. The molecule has 0 bridgehead atoms. The molecule has 2 aliphatic rings. The molecule has 2 unspecified atom stereocenters. The first-order chi connectivity index (χ1) is 12.4. The molecule has 3 heterocycles. The van der Waals surface area contributed by atoms with Crippen molar-refractivity contribution in [3.05, 3.63) is 82.9 Å². The third kappa shape index (κ3) is 1.70. The van der Waals surface area contributed by atoms with E-state index >= 15 is 0 Å². The molecule has 0 saturated heterocycles. The van der Waals surface area contributed by atoms with Crippen LogP contribution in [0.4, 0.5) is 0 Å². The summed E-state index contributed by atoms with van der Waals surface area (Å²) in [5, 5.41) is 3.83. The van der Waals surface area contributed by atoms with Crippen molar-refractivity contribution in [1.29, 1.82) is 0 Å². The van der Waals surface area contributed by atoms with Crippen LogP contribution >= 0.6 is 0 Å². The Balaban J connectivity index is 1.77. The zero-order chi connectivity index (χ0) is 16.4. The predicted molar refractivity (Wildman–Crippen MR) is 100 cm³/mol. The number of pyridine rings is 2. The van der Waals surface area contributed by atoms with Gasteiger partial charge in [-0.1, -0.05) is 54.6 Å². The Morgan fingerprint density at radius 2 is 1.84 bits per heavy atom. The van der Waals surface area contributed by atoms with Crippen LogP contribution in [-0.2, 0) is 0 Å². The first kappa shape index (κ1) is 13.1. The summed E-state index contributed by atoms with van der Waals surface area (Å²) in [6.07, 6.45) is 15.1. The lowest BCUT2D eigenvalue weighted by atomic mass is 9.78. The van der Waals surface area contributed by atoms with E-state index < -0.39 is 0 Å². The van der Waals surface area contributed by atoms with Crippen LogP contribution in [0.3, 0.4) is 0 Å². The lowest BCUT2D eigenvalue weighted by Crippen LogP contribution is -2.33. The predicted octanol–water partition coefficient (Wildman–Crippen LogP) is 2.88. The van der Waals surface area contributed by atoms with Crippen molar-refractivity contribution in [2.45, 2.75) is 5.92 Å². The minimum atomic E-state index is 0.316. The maximum atomic E-state index is 4.62. The number of hydrogen-bond donors (Lipinski definition) is 0. The van der Waals surface area contributed by atoms with Crippen molar-refractivity contribution in [2.75, 3.05) is 0 Å². The average molecular weight is 321 g/mol. The Kier molecular flexibility index (Phi) is 2.45. The van der Waals surface area contributed by atoms with E-state index in [1.807, 2.05) is 24.8 Å². The van der Waals surface area contributed by atoms with E-state index in [1.54, 1.807) is 0 Å². The molecule has 3 heteroatoms. The molecule has 118 valence electrons. The second-order valence-corrected chi connectivity index (χ2v) is 6.77. The minimum Gasteiger partial charge on any atom is -0.300 e. The lowest BCUT2D eigenvalue weighted by Gasteiger charge is -2.29. The van der Waals surface area contributed by atoms with E-state index in [9.17, 15) is 0 Å². The Hall–Kier alpha value is -3.20. The molecule has 1 aromatic carbocycles. The van der Waals surface area contributed by atoms with Crippen molar-refractivity contribution < 1.29 is 0 Å². The highest BCUT2D eigenvalue weighted by Gasteiger charge is 2.29. The van der Waals surface area contributed by atoms with Gasteiger partial charge in [-0.25, -0.2) is 4.98 Å². The molecule has 0 spiro atoms. The summed E-state index contributed by atoms with van der Waals surface area (Å²) in [7, 11) is 0. The summed E-state index contributed by atoms with van der Waals surface area (Å²) < 4.78 is 2.23. The molecule has 6 rings (SSSR count). The number of benzene rings is 1. The molecular weight excluding hydrogens is 306 g/mol. The summed E-state index contributed by atoms with van der Waals surface area (Å²) in [4.78, 5) is 9.03. The van der Waals surface area contributed by atoms with Gasteiger partial charge >= 0.3 is 0 Å². The molecule has 3 nitrogen and oxygen atoms in total. The van der Waals surface area contributed by atoms with E-state index in [1.165, 1.54) is 27.1 Å². The molecule has 0 fully saturated rings. The maximum Gasteiger partial charge on any atom is 0.0995 e. The highest BCUT2D eigenvalue weighted by Crippen LogP contribution is 2.40. The number of rotatable bonds is 0. The van der Waals surface area contributed by atoms with Gasteiger partial charge in [-0.3, -0.25) is 9.38 Å². The minimum absolute atomic E-state index is 0.316. The van der Waals surface area contributed by atoms with Crippen LogP contribution in [0.15, 0.2) is 61.2 Å². The van der Waals surface area contributed by atoms with Gasteiger partial charge in [-0.05, 0) is 16.5 Å². The van der Waals surface area contributed by atoms with E-state index in [4.69, 9.17) is 0 Å². The summed E-state index contributed by atoms with van der Waals surface area (Å²) >= 11 is 0. The van der Waals surface area contributed by atoms with Gasteiger partial charge < -0.3 is 0 Å². The topological polar surface area (TPSA) is 30.2 Å². The van der Waals surface area contributed by atoms with Gasteiger partial charge in [-0.2, -0.15) is 0 Å². The molecule has 0 saturated carbocycles. The van der Waals surface area contributed by atoms with Gasteiger partial charge in [0, 0.05) is 34.7 Å². The smallest absolute Gasteiger partial charge is 0.0995 e. The summed E-state index contributed by atoms with van der Waals surface area (Å²) in [5.74, 6) is 0.693. The van der Waals surface area contributed by atoms with E-state index in [-0.39, 0.29) is 0 Å². The van der Waals surface area contributed by atoms with Crippen molar-refractivity contribution in [1.82, 2.24) is 14.4 Å². The molecule has 0 aliphatic heterocycles. The van der Waals surface area contributed by atoms with Gasteiger partial charge in [0.1, 0.15) is 0 Å². The Morgan fingerprint density at radius 3 is 2.76 bits per heavy atom. The van der Waals surface area contributed by atoms with E-state index in [0.717, 1.165) is 11.0 Å².